The van der Waals surface area contributed by atoms with Gasteiger partial charge in [-0.25, -0.2) is 4.79 Å². The van der Waals surface area contributed by atoms with Crippen LogP contribution in [0.25, 0.3) is 0 Å². The second-order valence-corrected chi connectivity index (χ2v) is 3.17. The van der Waals surface area contributed by atoms with Crippen molar-refractivity contribution in [2.24, 2.45) is 0 Å². The second kappa shape index (κ2) is 3.64. The largest absolute Gasteiger partial charge is 0.465 e. The van der Waals surface area contributed by atoms with Crippen LogP contribution in [-0.4, -0.2) is 46.1 Å². The van der Waals surface area contributed by atoms with Crippen molar-refractivity contribution in [1.82, 2.24) is 4.90 Å². The monoisotopic (exact) mass is 213 g/mol. The third-order valence-corrected chi connectivity index (χ3v) is 2.24. The molecule has 1 heterocycles. The number of carboxylic acid groups (broad SMARTS) is 1. The van der Waals surface area contributed by atoms with E-state index in [1.807, 2.05) is 0 Å². The van der Waals surface area contributed by atoms with Gasteiger partial charge in [-0.2, -0.15) is 13.2 Å². The number of nitrogens with zero attached hydrogens (tertiary/aromatic N) is 1. The summed E-state index contributed by atoms with van der Waals surface area (Å²) in [4.78, 5) is 11.1. The molecule has 0 aliphatic carbocycles. The summed E-state index contributed by atoms with van der Waals surface area (Å²) in [7, 11) is 0. The van der Waals surface area contributed by atoms with Gasteiger partial charge in [0.05, 0.1) is 6.04 Å². The molecule has 7 heteroatoms. The lowest BCUT2D eigenvalue weighted by atomic mass is 10.1. The SMILES string of the molecule is O=C(O)N1CCC[C@H]1[C@H](O)C(F)(F)F. The lowest BCUT2D eigenvalue weighted by Crippen LogP contribution is -2.48. The fraction of sp³-hybridized carbons (Fsp3) is 0.857. The predicted octanol–water partition coefficient (Wildman–Crippen LogP) is 1.05. The average Bonchev–Trinajstić information content (AvgIpc) is 2.48. The van der Waals surface area contributed by atoms with E-state index in [1.54, 1.807) is 0 Å². The highest BCUT2D eigenvalue weighted by molar-refractivity contribution is 5.65. The Kier molecular flexibility index (Phi) is 2.89. The Morgan fingerprint density at radius 3 is 2.50 bits per heavy atom. The number of alkyl halides is 3. The van der Waals surface area contributed by atoms with Crippen LogP contribution in [0.4, 0.5) is 18.0 Å². The summed E-state index contributed by atoms with van der Waals surface area (Å²) in [5, 5.41) is 17.4. The van der Waals surface area contributed by atoms with E-state index in [0.29, 0.717) is 11.3 Å². The molecule has 0 spiro atoms. The highest BCUT2D eigenvalue weighted by atomic mass is 19.4. The summed E-state index contributed by atoms with van der Waals surface area (Å²) in [6.07, 6.45) is -8.36. The van der Waals surface area contributed by atoms with Gasteiger partial charge in [0, 0.05) is 6.54 Å². The molecular weight excluding hydrogens is 203 g/mol. The quantitative estimate of drug-likeness (QED) is 0.684. The van der Waals surface area contributed by atoms with Crippen LogP contribution in [0.2, 0.25) is 0 Å². The van der Waals surface area contributed by atoms with Crippen molar-refractivity contribution in [3.63, 3.8) is 0 Å². The molecule has 2 N–H and O–H groups in total. The molecule has 0 unspecified atom stereocenters. The minimum Gasteiger partial charge on any atom is -0.465 e. The molecule has 0 radical (unpaired) electrons. The smallest absolute Gasteiger partial charge is 0.416 e. The number of likely N-dealkylation sites (tertiary alicyclic amines) is 1. The van der Waals surface area contributed by atoms with E-state index < -0.39 is 24.4 Å². The van der Waals surface area contributed by atoms with E-state index in [4.69, 9.17) is 10.2 Å². The summed E-state index contributed by atoms with van der Waals surface area (Å²) in [6.45, 7) is 0.0487. The Morgan fingerprint density at radius 1 is 1.50 bits per heavy atom. The van der Waals surface area contributed by atoms with Crippen LogP contribution in [-0.2, 0) is 0 Å². The minimum atomic E-state index is -4.76. The number of carbonyl (C=O) groups is 1. The molecule has 0 aromatic heterocycles. The number of halogens is 3. The van der Waals surface area contributed by atoms with Gasteiger partial charge in [0.25, 0.3) is 0 Å². The van der Waals surface area contributed by atoms with Crippen molar-refractivity contribution in [2.45, 2.75) is 31.2 Å². The lowest BCUT2D eigenvalue weighted by Gasteiger charge is -2.27. The van der Waals surface area contributed by atoms with E-state index in [0.717, 1.165) is 0 Å². The molecule has 1 aliphatic rings. The number of rotatable bonds is 1. The fourth-order valence-corrected chi connectivity index (χ4v) is 1.58. The molecule has 1 saturated heterocycles. The van der Waals surface area contributed by atoms with Crippen LogP contribution in [0.3, 0.4) is 0 Å². The van der Waals surface area contributed by atoms with Gasteiger partial charge in [-0.15, -0.1) is 0 Å². The third kappa shape index (κ3) is 2.09. The summed E-state index contributed by atoms with van der Waals surface area (Å²) in [5.41, 5.74) is 0. The highest BCUT2D eigenvalue weighted by Crippen LogP contribution is 2.30. The Morgan fingerprint density at radius 2 is 2.07 bits per heavy atom. The molecule has 1 aliphatic heterocycles. The van der Waals surface area contributed by atoms with Crippen LogP contribution >= 0.6 is 0 Å². The minimum absolute atomic E-state index is 0.0486. The zero-order valence-corrected chi connectivity index (χ0v) is 7.16. The van der Waals surface area contributed by atoms with Gasteiger partial charge in [-0.3, -0.25) is 0 Å². The standard InChI is InChI=1S/C7H10F3NO3/c8-7(9,10)5(12)4-2-1-3-11(4)6(13)14/h4-5,12H,1-3H2,(H,13,14)/t4-,5-/m0/s1. The zero-order valence-electron chi connectivity index (χ0n) is 7.16. The van der Waals surface area contributed by atoms with Crippen molar-refractivity contribution < 1.29 is 28.2 Å². The number of hydrogen-bond donors (Lipinski definition) is 2. The van der Waals surface area contributed by atoms with Crippen LogP contribution in [0.1, 0.15) is 12.8 Å². The summed E-state index contributed by atoms with van der Waals surface area (Å²) < 4.78 is 36.2. The number of amides is 1. The second-order valence-electron chi connectivity index (χ2n) is 3.17. The van der Waals surface area contributed by atoms with Gasteiger partial charge in [0.15, 0.2) is 6.10 Å². The third-order valence-electron chi connectivity index (χ3n) is 2.24. The molecule has 82 valence electrons. The molecule has 0 bridgehead atoms. The fourth-order valence-electron chi connectivity index (χ4n) is 1.58. The first-order chi connectivity index (χ1) is 6.34. The lowest BCUT2D eigenvalue weighted by molar-refractivity contribution is -0.217. The van der Waals surface area contributed by atoms with Crippen molar-refractivity contribution in [2.75, 3.05) is 6.54 Å². The van der Waals surface area contributed by atoms with Gasteiger partial charge in [0.2, 0.25) is 0 Å². The van der Waals surface area contributed by atoms with Crippen molar-refractivity contribution >= 4 is 6.09 Å². The van der Waals surface area contributed by atoms with Gasteiger partial charge in [0.1, 0.15) is 0 Å². The van der Waals surface area contributed by atoms with Crippen molar-refractivity contribution in [3.05, 3.63) is 0 Å². The van der Waals surface area contributed by atoms with Crippen LogP contribution < -0.4 is 0 Å². The van der Waals surface area contributed by atoms with E-state index in [2.05, 4.69) is 0 Å². The first-order valence-electron chi connectivity index (χ1n) is 4.08. The van der Waals surface area contributed by atoms with E-state index in [1.165, 1.54) is 0 Å². The maximum Gasteiger partial charge on any atom is 0.416 e. The number of hydrogen-bond acceptors (Lipinski definition) is 2. The topological polar surface area (TPSA) is 60.8 Å². The van der Waals surface area contributed by atoms with Crippen molar-refractivity contribution in [3.8, 4) is 0 Å². The maximum absolute atomic E-state index is 12.1. The molecule has 4 nitrogen and oxygen atoms in total. The summed E-state index contributed by atoms with van der Waals surface area (Å²) >= 11 is 0. The number of aliphatic hydroxyl groups excluding tert-OH is 1. The predicted molar refractivity (Wildman–Crippen MR) is 39.8 cm³/mol. The summed E-state index contributed by atoms with van der Waals surface area (Å²) in [5.74, 6) is 0. The van der Waals surface area contributed by atoms with Gasteiger partial charge < -0.3 is 15.1 Å². The van der Waals surface area contributed by atoms with Crippen LogP contribution in [0.5, 0.6) is 0 Å². The van der Waals surface area contributed by atoms with Gasteiger partial charge in [-0.05, 0) is 12.8 Å². The van der Waals surface area contributed by atoms with Gasteiger partial charge >= 0.3 is 12.3 Å². The Labute approximate surface area is 77.9 Å². The van der Waals surface area contributed by atoms with Crippen LogP contribution in [0, 0.1) is 0 Å². The van der Waals surface area contributed by atoms with E-state index >= 15 is 0 Å². The molecular formula is C7H10F3NO3. The average molecular weight is 213 g/mol. The molecule has 1 fully saturated rings. The molecule has 1 amide bonds. The Bertz CT molecular complexity index is 231. The van der Waals surface area contributed by atoms with Gasteiger partial charge in [-0.1, -0.05) is 0 Å². The molecule has 0 aromatic rings. The maximum atomic E-state index is 12.1. The highest BCUT2D eigenvalue weighted by Gasteiger charge is 2.48. The normalized spacial score (nSPS) is 25.1. The zero-order chi connectivity index (χ0) is 10.9. The molecule has 14 heavy (non-hydrogen) atoms. The molecule has 0 aromatic carbocycles. The Balaban J connectivity index is 2.72. The van der Waals surface area contributed by atoms with Crippen molar-refractivity contribution in [1.29, 1.82) is 0 Å². The summed E-state index contributed by atoms with van der Waals surface area (Å²) in [6, 6.07) is -1.35. The molecule has 1 rings (SSSR count). The first kappa shape index (κ1) is 11.1. The number of aliphatic hydroxyl groups is 1. The molecule has 2 atom stereocenters. The van der Waals surface area contributed by atoms with E-state index in [-0.39, 0.29) is 13.0 Å². The Hall–Kier alpha value is -0.980. The molecule has 0 saturated carbocycles. The first-order valence-corrected chi connectivity index (χ1v) is 4.08. The van der Waals surface area contributed by atoms with E-state index in [9.17, 15) is 18.0 Å². The van der Waals surface area contributed by atoms with Crippen LogP contribution in [0.15, 0.2) is 0 Å².